The van der Waals surface area contributed by atoms with Crippen molar-refractivity contribution in [1.82, 2.24) is 19.5 Å². The molecule has 96 valence electrons. The largest absolute Gasteiger partial charge is 0.466 e. The van der Waals surface area contributed by atoms with Gasteiger partial charge in [0.05, 0.1) is 12.9 Å². The van der Waals surface area contributed by atoms with Crippen LogP contribution in [0.1, 0.15) is 19.8 Å². The van der Waals surface area contributed by atoms with Crippen molar-refractivity contribution < 1.29 is 9.53 Å². The van der Waals surface area contributed by atoms with E-state index in [1.807, 2.05) is 4.57 Å². The molecule has 0 aliphatic heterocycles. The third-order valence-electron chi connectivity index (χ3n) is 2.53. The third kappa shape index (κ3) is 2.73. The Morgan fingerprint density at radius 1 is 1.39 bits per heavy atom. The van der Waals surface area contributed by atoms with Crippen molar-refractivity contribution in [2.45, 2.75) is 26.3 Å². The molecule has 2 rings (SSSR count). The van der Waals surface area contributed by atoms with Crippen LogP contribution in [0.4, 0.5) is 5.82 Å². The van der Waals surface area contributed by atoms with Gasteiger partial charge in [-0.3, -0.25) is 4.79 Å². The summed E-state index contributed by atoms with van der Waals surface area (Å²) in [5, 5.41) is 0. The number of nitrogens with two attached hydrogens (primary N) is 1. The normalized spacial score (nSPS) is 10.7. The first-order chi connectivity index (χ1) is 8.68. The van der Waals surface area contributed by atoms with E-state index in [1.54, 1.807) is 6.33 Å². The van der Waals surface area contributed by atoms with E-state index >= 15 is 0 Å². The van der Waals surface area contributed by atoms with Crippen LogP contribution in [0.25, 0.3) is 11.2 Å². The molecule has 0 atom stereocenters. The van der Waals surface area contributed by atoms with Crippen LogP contribution in [0.5, 0.6) is 0 Å². The van der Waals surface area contributed by atoms with Gasteiger partial charge in [-0.05, 0) is 12.8 Å². The van der Waals surface area contributed by atoms with E-state index in [2.05, 4.69) is 15.0 Å². The number of nitrogen functional groups attached to an aromatic ring is 1. The van der Waals surface area contributed by atoms with Crippen LogP contribution in [0, 0.1) is 0 Å². The summed E-state index contributed by atoms with van der Waals surface area (Å²) in [6.45, 7) is 2.61. The van der Waals surface area contributed by atoms with Gasteiger partial charge >= 0.3 is 5.97 Å². The predicted octanol–water partition coefficient (Wildman–Crippen LogP) is 0.752. The molecule has 7 heteroatoms. The monoisotopic (exact) mass is 249 g/mol. The molecule has 0 aliphatic carbocycles. The predicted molar refractivity (Wildman–Crippen MR) is 65.6 cm³/mol. The highest BCUT2D eigenvalue weighted by Crippen LogP contribution is 2.14. The number of nitrogens with zero attached hydrogens (tertiary/aromatic N) is 4. The van der Waals surface area contributed by atoms with E-state index in [0.717, 1.165) is 25.0 Å². The number of carbonyl (C=O) groups excluding carboxylic acids is 1. The first-order valence-corrected chi connectivity index (χ1v) is 5.73. The van der Waals surface area contributed by atoms with Crippen molar-refractivity contribution in [2.75, 3.05) is 12.3 Å². The molecule has 0 aromatic carbocycles. The first kappa shape index (κ1) is 12.3. The topological polar surface area (TPSA) is 95.9 Å². The van der Waals surface area contributed by atoms with E-state index in [4.69, 9.17) is 10.5 Å². The van der Waals surface area contributed by atoms with Crippen molar-refractivity contribution in [3.63, 3.8) is 0 Å². The maximum atomic E-state index is 10.6. The van der Waals surface area contributed by atoms with E-state index < -0.39 is 0 Å². The maximum absolute atomic E-state index is 10.6. The van der Waals surface area contributed by atoms with Gasteiger partial charge in [0.15, 0.2) is 11.5 Å². The number of carbonyl (C=O) groups is 1. The lowest BCUT2D eigenvalue weighted by molar-refractivity contribution is -0.141. The number of aryl methyl sites for hydroxylation is 1. The Bertz CT molecular complexity index is 551. The Labute approximate surface area is 104 Å². The summed E-state index contributed by atoms with van der Waals surface area (Å²) in [4.78, 5) is 22.8. The summed E-state index contributed by atoms with van der Waals surface area (Å²) in [6, 6.07) is 0. The molecule has 0 saturated carbocycles. The van der Waals surface area contributed by atoms with E-state index in [1.165, 1.54) is 13.3 Å². The van der Waals surface area contributed by atoms with E-state index in [0.29, 0.717) is 17.9 Å². The van der Waals surface area contributed by atoms with Crippen LogP contribution in [-0.4, -0.2) is 32.1 Å². The van der Waals surface area contributed by atoms with Crippen LogP contribution < -0.4 is 5.73 Å². The number of unbranched alkanes of at least 4 members (excludes halogenated alkanes) is 1. The molecule has 0 saturated heterocycles. The second kappa shape index (κ2) is 5.44. The number of aromatic nitrogens is 4. The highest BCUT2D eigenvalue weighted by molar-refractivity contribution is 5.80. The lowest BCUT2D eigenvalue weighted by Gasteiger charge is -2.04. The molecule has 2 heterocycles. The molecular weight excluding hydrogens is 234 g/mol. The molecule has 0 spiro atoms. The van der Waals surface area contributed by atoms with Crippen LogP contribution in [0.3, 0.4) is 0 Å². The molecule has 0 radical (unpaired) electrons. The van der Waals surface area contributed by atoms with Crippen molar-refractivity contribution in [2.24, 2.45) is 0 Å². The zero-order valence-electron chi connectivity index (χ0n) is 10.2. The first-order valence-electron chi connectivity index (χ1n) is 5.73. The molecule has 0 amide bonds. The number of anilines is 1. The minimum atomic E-state index is -0.247. The Balaban J connectivity index is 1.92. The Kier molecular flexibility index (Phi) is 3.71. The quantitative estimate of drug-likeness (QED) is 0.620. The summed E-state index contributed by atoms with van der Waals surface area (Å²) >= 11 is 0. The summed E-state index contributed by atoms with van der Waals surface area (Å²) in [6.07, 6.45) is 4.80. The maximum Gasteiger partial charge on any atom is 0.302 e. The van der Waals surface area contributed by atoms with Gasteiger partial charge < -0.3 is 15.0 Å². The molecular formula is C11H15N5O2. The molecule has 0 aliphatic rings. The number of rotatable bonds is 5. The SMILES string of the molecule is CC(=O)OCCCCn1cnc2c(N)ncnc21. The van der Waals surface area contributed by atoms with E-state index in [-0.39, 0.29) is 5.97 Å². The van der Waals surface area contributed by atoms with Crippen LogP contribution in [0.2, 0.25) is 0 Å². The molecule has 18 heavy (non-hydrogen) atoms. The van der Waals surface area contributed by atoms with Crippen molar-refractivity contribution in [3.8, 4) is 0 Å². The second-order valence-electron chi connectivity index (χ2n) is 3.92. The van der Waals surface area contributed by atoms with Gasteiger partial charge in [0.2, 0.25) is 0 Å². The molecule has 0 fully saturated rings. The van der Waals surface area contributed by atoms with E-state index in [9.17, 15) is 4.79 Å². The lowest BCUT2D eigenvalue weighted by atomic mass is 10.3. The number of ether oxygens (including phenoxy) is 1. The third-order valence-corrected chi connectivity index (χ3v) is 2.53. The lowest BCUT2D eigenvalue weighted by Crippen LogP contribution is -2.03. The van der Waals surface area contributed by atoms with Crippen LogP contribution >= 0.6 is 0 Å². The van der Waals surface area contributed by atoms with Crippen molar-refractivity contribution in [3.05, 3.63) is 12.7 Å². The summed E-state index contributed by atoms with van der Waals surface area (Å²) in [5.41, 5.74) is 7.05. The summed E-state index contributed by atoms with van der Waals surface area (Å²) < 4.78 is 6.78. The number of esters is 1. The zero-order chi connectivity index (χ0) is 13.0. The fraction of sp³-hybridized carbons (Fsp3) is 0.455. The zero-order valence-corrected chi connectivity index (χ0v) is 10.2. The van der Waals surface area contributed by atoms with Crippen molar-refractivity contribution in [1.29, 1.82) is 0 Å². The summed E-state index contributed by atoms with van der Waals surface area (Å²) in [5.74, 6) is 0.141. The molecule has 2 aromatic rings. The number of hydrogen-bond donors (Lipinski definition) is 1. The molecule has 0 unspecified atom stereocenters. The summed E-state index contributed by atoms with van der Waals surface area (Å²) in [7, 11) is 0. The van der Waals surface area contributed by atoms with Gasteiger partial charge in [0, 0.05) is 13.5 Å². The number of imidazole rings is 1. The highest BCUT2D eigenvalue weighted by Gasteiger charge is 2.06. The number of fused-ring (bicyclic) bond motifs is 1. The highest BCUT2D eigenvalue weighted by atomic mass is 16.5. The Morgan fingerprint density at radius 3 is 3.00 bits per heavy atom. The van der Waals surface area contributed by atoms with Crippen LogP contribution in [-0.2, 0) is 16.1 Å². The van der Waals surface area contributed by atoms with Gasteiger partial charge in [-0.1, -0.05) is 0 Å². The Hall–Kier alpha value is -2.18. The number of hydrogen-bond acceptors (Lipinski definition) is 6. The Morgan fingerprint density at radius 2 is 2.22 bits per heavy atom. The molecule has 0 bridgehead atoms. The fourth-order valence-electron chi connectivity index (χ4n) is 1.66. The van der Waals surface area contributed by atoms with Crippen molar-refractivity contribution >= 4 is 23.0 Å². The second-order valence-corrected chi connectivity index (χ2v) is 3.92. The van der Waals surface area contributed by atoms with Gasteiger partial charge in [-0.2, -0.15) is 0 Å². The minimum absolute atomic E-state index is 0.247. The minimum Gasteiger partial charge on any atom is -0.466 e. The fourth-order valence-corrected chi connectivity index (χ4v) is 1.66. The molecule has 2 N–H and O–H groups in total. The van der Waals surface area contributed by atoms with Gasteiger partial charge in [0.25, 0.3) is 0 Å². The van der Waals surface area contributed by atoms with Gasteiger partial charge in [0.1, 0.15) is 11.8 Å². The standard InChI is InChI=1S/C11H15N5O2/c1-8(17)18-5-3-2-4-16-7-15-9-10(12)13-6-14-11(9)16/h6-7H,2-5H2,1H3,(H2,12,13,14). The molecule has 7 nitrogen and oxygen atoms in total. The average molecular weight is 249 g/mol. The van der Waals surface area contributed by atoms with Crippen LogP contribution in [0.15, 0.2) is 12.7 Å². The van der Waals surface area contributed by atoms with Gasteiger partial charge in [-0.15, -0.1) is 0 Å². The smallest absolute Gasteiger partial charge is 0.302 e. The average Bonchev–Trinajstić information content (AvgIpc) is 2.73. The van der Waals surface area contributed by atoms with Gasteiger partial charge in [-0.25, -0.2) is 15.0 Å². The molecule has 2 aromatic heterocycles.